The second kappa shape index (κ2) is 7.59. The highest BCUT2D eigenvalue weighted by atomic mass is 15.3. The Balaban J connectivity index is 1.17. The van der Waals surface area contributed by atoms with Gasteiger partial charge in [0.25, 0.3) is 0 Å². The fraction of sp³-hybridized carbons (Fsp3) is 0.391. The summed E-state index contributed by atoms with van der Waals surface area (Å²) in [4.78, 5) is 6.74. The Morgan fingerprint density at radius 1 is 1.12 bits per heavy atom. The molecule has 2 fully saturated rings. The molecule has 9 nitrogen and oxygen atoms in total. The number of H-pyrrole nitrogens is 1. The van der Waals surface area contributed by atoms with Gasteiger partial charge in [-0.3, -0.25) is 4.68 Å². The molecule has 1 saturated heterocycles. The van der Waals surface area contributed by atoms with Crippen molar-refractivity contribution in [3.8, 4) is 0 Å². The molecular formula is C23H27N9. The number of nitrogens with two attached hydrogens (primary N) is 1. The molecule has 0 atom stereocenters. The predicted octanol–water partition coefficient (Wildman–Crippen LogP) is 2.10. The molecule has 1 saturated carbocycles. The van der Waals surface area contributed by atoms with E-state index in [-0.39, 0.29) is 0 Å². The molecule has 0 radical (unpaired) electrons. The Kier molecular flexibility index (Phi) is 4.57. The number of aromatic amines is 1. The number of rotatable bonds is 5. The van der Waals surface area contributed by atoms with Crippen LogP contribution >= 0.6 is 0 Å². The SMILES string of the molecule is Nc1cc(Cc2cnn(Cc3cccc(N4CCNC5(CCC5)C4)c3)c2)c2n[nH]nc2n1. The van der Waals surface area contributed by atoms with Gasteiger partial charge in [0.2, 0.25) is 5.65 Å². The second-order valence-corrected chi connectivity index (χ2v) is 9.08. The quantitative estimate of drug-likeness (QED) is 0.445. The van der Waals surface area contributed by atoms with E-state index in [2.05, 4.69) is 66.2 Å². The first-order chi connectivity index (χ1) is 15.7. The molecule has 9 heteroatoms. The summed E-state index contributed by atoms with van der Waals surface area (Å²) in [6, 6.07) is 10.7. The number of hydrogen-bond donors (Lipinski definition) is 3. The number of anilines is 2. The van der Waals surface area contributed by atoms with Crippen molar-refractivity contribution < 1.29 is 0 Å². The molecule has 1 aliphatic carbocycles. The minimum Gasteiger partial charge on any atom is -0.384 e. The van der Waals surface area contributed by atoms with E-state index < -0.39 is 0 Å². The maximum atomic E-state index is 5.93. The van der Waals surface area contributed by atoms with Crippen LogP contribution in [0.2, 0.25) is 0 Å². The number of hydrogen-bond acceptors (Lipinski definition) is 7. The van der Waals surface area contributed by atoms with Gasteiger partial charge in [0, 0.05) is 43.5 Å². The summed E-state index contributed by atoms with van der Waals surface area (Å²) in [6.45, 7) is 3.96. The van der Waals surface area contributed by atoms with E-state index in [1.165, 1.54) is 30.5 Å². The summed E-state index contributed by atoms with van der Waals surface area (Å²) in [5, 5.41) is 19.2. The van der Waals surface area contributed by atoms with Gasteiger partial charge in [-0.25, -0.2) is 4.98 Å². The summed E-state index contributed by atoms with van der Waals surface area (Å²) < 4.78 is 1.99. The monoisotopic (exact) mass is 429 g/mol. The molecule has 32 heavy (non-hydrogen) atoms. The summed E-state index contributed by atoms with van der Waals surface area (Å²) in [7, 11) is 0. The fourth-order valence-electron chi connectivity index (χ4n) is 5.01. The Morgan fingerprint density at radius 2 is 2.06 bits per heavy atom. The molecular weight excluding hydrogens is 402 g/mol. The van der Waals surface area contributed by atoms with Gasteiger partial charge in [0.05, 0.1) is 12.7 Å². The molecule has 0 unspecified atom stereocenters. The first-order valence-corrected chi connectivity index (χ1v) is 11.2. The number of fused-ring (bicyclic) bond motifs is 1. The zero-order chi connectivity index (χ0) is 21.5. The smallest absolute Gasteiger partial charge is 0.203 e. The lowest BCUT2D eigenvalue weighted by atomic mass is 9.75. The molecule has 3 aromatic heterocycles. The molecule has 1 spiro atoms. The summed E-state index contributed by atoms with van der Waals surface area (Å²) in [5.74, 6) is 0.446. The fourth-order valence-corrected chi connectivity index (χ4v) is 5.01. The van der Waals surface area contributed by atoms with Crippen molar-refractivity contribution in [2.75, 3.05) is 30.3 Å². The van der Waals surface area contributed by atoms with E-state index in [4.69, 9.17) is 5.73 Å². The third kappa shape index (κ3) is 3.58. The highest BCUT2D eigenvalue weighted by molar-refractivity contribution is 5.76. The third-order valence-corrected chi connectivity index (χ3v) is 6.78. The number of nitrogen functional groups attached to an aromatic ring is 1. The standard InChI is InChI=1S/C23H27N9/c24-20-11-18(21-22(27-20)29-30-28-21)9-17-12-26-32(14-17)13-16-3-1-4-19(10-16)31-8-7-25-23(15-31)5-2-6-23/h1,3-4,10-12,14,25H,2,5-9,13,15H2,(H3,24,27,28,29,30). The van der Waals surface area contributed by atoms with Gasteiger partial charge in [-0.1, -0.05) is 12.1 Å². The topological polar surface area (TPSA) is 114 Å². The van der Waals surface area contributed by atoms with Crippen LogP contribution in [0, 0.1) is 0 Å². The van der Waals surface area contributed by atoms with E-state index in [0.717, 1.165) is 42.8 Å². The number of benzene rings is 1. The number of aromatic nitrogens is 6. The lowest BCUT2D eigenvalue weighted by Gasteiger charge is -2.50. The third-order valence-electron chi connectivity index (χ3n) is 6.78. The van der Waals surface area contributed by atoms with Crippen molar-refractivity contribution >= 4 is 22.7 Å². The molecule has 2 aliphatic rings. The Bertz CT molecular complexity index is 1250. The highest BCUT2D eigenvalue weighted by Crippen LogP contribution is 2.35. The lowest BCUT2D eigenvalue weighted by Crippen LogP contribution is -2.64. The predicted molar refractivity (Wildman–Crippen MR) is 123 cm³/mol. The van der Waals surface area contributed by atoms with Crippen LogP contribution in [-0.4, -0.2) is 55.3 Å². The molecule has 0 bridgehead atoms. The summed E-state index contributed by atoms with van der Waals surface area (Å²) in [5.41, 5.74) is 12.2. The van der Waals surface area contributed by atoms with Crippen molar-refractivity contribution in [3.63, 3.8) is 0 Å². The van der Waals surface area contributed by atoms with Gasteiger partial charge >= 0.3 is 0 Å². The largest absolute Gasteiger partial charge is 0.384 e. The number of pyridine rings is 1. The van der Waals surface area contributed by atoms with Gasteiger partial charge in [-0.2, -0.15) is 15.4 Å². The Labute approximate surface area is 186 Å². The Morgan fingerprint density at radius 3 is 2.94 bits per heavy atom. The number of piperazine rings is 1. The van der Waals surface area contributed by atoms with Gasteiger partial charge < -0.3 is 16.0 Å². The number of nitrogens with one attached hydrogen (secondary N) is 2. The maximum Gasteiger partial charge on any atom is 0.203 e. The maximum absolute atomic E-state index is 5.93. The van der Waals surface area contributed by atoms with Crippen molar-refractivity contribution in [2.24, 2.45) is 0 Å². The van der Waals surface area contributed by atoms with E-state index >= 15 is 0 Å². The second-order valence-electron chi connectivity index (χ2n) is 9.08. The molecule has 1 aliphatic heterocycles. The molecule has 1 aromatic carbocycles. The number of nitrogens with zero attached hydrogens (tertiary/aromatic N) is 6. The van der Waals surface area contributed by atoms with Crippen molar-refractivity contribution in [1.82, 2.24) is 35.5 Å². The van der Waals surface area contributed by atoms with Crippen LogP contribution in [0.5, 0.6) is 0 Å². The van der Waals surface area contributed by atoms with Gasteiger partial charge in [-0.15, -0.1) is 5.10 Å². The summed E-state index contributed by atoms with van der Waals surface area (Å²) >= 11 is 0. The van der Waals surface area contributed by atoms with Crippen LogP contribution < -0.4 is 16.0 Å². The van der Waals surface area contributed by atoms with E-state index in [1.54, 1.807) is 0 Å². The van der Waals surface area contributed by atoms with E-state index in [0.29, 0.717) is 23.4 Å². The molecule has 4 heterocycles. The lowest BCUT2D eigenvalue weighted by molar-refractivity contribution is 0.173. The average Bonchev–Trinajstić information content (AvgIpc) is 3.42. The van der Waals surface area contributed by atoms with Crippen LogP contribution in [0.25, 0.3) is 11.2 Å². The highest BCUT2D eigenvalue weighted by Gasteiger charge is 2.40. The van der Waals surface area contributed by atoms with Crippen molar-refractivity contribution in [2.45, 2.75) is 37.8 Å². The van der Waals surface area contributed by atoms with E-state index in [9.17, 15) is 0 Å². The van der Waals surface area contributed by atoms with Gasteiger partial charge in [-0.05, 0) is 54.2 Å². The molecule has 4 aromatic rings. The normalized spacial score (nSPS) is 17.7. The zero-order valence-corrected chi connectivity index (χ0v) is 18.0. The van der Waals surface area contributed by atoms with Crippen LogP contribution in [0.15, 0.2) is 42.7 Å². The average molecular weight is 430 g/mol. The minimum absolute atomic E-state index is 0.344. The van der Waals surface area contributed by atoms with Crippen LogP contribution in [0.4, 0.5) is 11.5 Å². The minimum atomic E-state index is 0.344. The van der Waals surface area contributed by atoms with Gasteiger partial charge in [0.15, 0.2) is 0 Å². The molecule has 164 valence electrons. The molecule has 4 N–H and O–H groups in total. The summed E-state index contributed by atoms with van der Waals surface area (Å²) in [6.07, 6.45) is 8.61. The van der Waals surface area contributed by atoms with E-state index in [1.807, 2.05) is 16.9 Å². The van der Waals surface area contributed by atoms with Gasteiger partial charge in [0.1, 0.15) is 11.3 Å². The molecule has 0 amide bonds. The first kappa shape index (κ1) is 19.2. The first-order valence-electron chi connectivity index (χ1n) is 11.2. The zero-order valence-electron chi connectivity index (χ0n) is 18.0. The van der Waals surface area contributed by atoms with Crippen molar-refractivity contribution in [1.29, 1.82) is 0 Å². The van der Waals surface area contributed by atoms with Crippen LogP contribution in [-0.2, 0) is 13.0 Å². The van der Waals surface area contributed by atoms with Crippen molar-refractivity contribution in [3.05, 3.63) is 59.4 Å². The van der Waals surface area contributed by atoms with Crippen LogP contribution in [0.1, 0.15) is 36.0 Å². The Hall–Kier alpha value is -3.46. The molecule has 6 rings (SSSR count). The van der Waals surface area contributed by atoms with Crippen LogP contribution in [0.3, 0.4) is 0 Å².